The number of ether oxygens (including phenoxy) is 1. The molecule has 0 amide bonds. The van der Waals surface area contributed by atoms with Crippen LogP contribution in [0.25, 0.3) is 0 Å². The van der Waals surface area contributed by atoms with E-state index in [-0.39, 0.29) is 0 Å². The Balaban J connectivity index is 2.36. The smallest absolute Gasteiger partial charge is 0.0511 e. The van der Waals surface area contributed by atoms with Crippen LogP contribution >= 0.6 is 15.9 Å². The maximum Gasteiger partial charge on any atom is 0.0511 e. The molecule has 0 aromatic heterocycles. The quantitative estimate of drug-likeness (QED) is 0.550. The molecule has 0 saturated carbocycles. The molecule has 1 nitrogen and oxygen atoms in total. The van der Waals surface area contributed by atoms with Gasteiger partial charge in [-0.25, -0.2) is 0 Å². The Bertz CT molecular complexity index is 98.7. The Kier molecular flexibility index (Phi) is 2.56. The molecule has 1 heterocycles. The average Bonchev–Trinajstić information content (AvgIpc) is 1.94. The number of hydrogen-bond donors (Lipinski definition) is 0. The lowest BCUT2D eigenvalue weighted by Crippen LogP contribution is -1.90. The molecule has 46 valence electrons. The third kappa shape index (κ3) is 1.97. The van der Waals surface area contributed by atoms with Crippen molar-refractivity contribution in [1.29, 1.82) is 0 Å². The molecule has 0 bridgehead atoms. The third-order valence-corrected chi connectivity index (χ3v) is 1.83. The van der Waals surface area contributed by atoms with E-state index in [4.69, 9.17) is 4.74 Å². The van der Waals surface area contributed by atoms with Crippen LogP contribution < -0.4 is 0 Å². The Morgan fingerprint density at radius 1 is 1.50 bits per heavy atom. The highest BCUT2D eigenvalue weighted by Crippen LogP contribution is 2.13. The molecule has 0 spiro atoms. The first-order chi connectivity index (χ1) is 3.89. The number of hydrogen-bond acceptors (Lipinski definition) is 1. The second-order valence-corrected chi connectivity index (χ2v) is 2.82. The van der Waals surface area contributed by atoms with Crippen molar-refractivity contribution in [3.63, 3.8) is 0 Å². The topological polar surface area (TPSA) is 9.23 Å². The molecule has 0 N–H and O–H groups in total. The molecule has 0 atom stereocenters. The van der Waals surface area contributed by atoms with E-state index in [0.717, 1.165) is 26.1 Å². The van der Waals surface area contributed by atoms with Crippen molar-refractivity contribution in [2.45, 2.75) is 12.8 Å². The van der Waals surface area contributed by atoms with Gasteiger partial charge in [0.25, 0.3) is 0 Å². The molecular weight excluding hydrogens is 168 g/mol. The van der Waals surface area contributed by atoms with Crippen LogP contribution in [-0.4, -0.2) is 13.2 Å². The summed E-state index contributed by atoms with van der Waals surface area (Å²) in [7, 11) is 0. The number of rotatable bonds is 0. The van der Waals surface area contributed by atoms with Crippen LogP contribution in [0.15, 0.2) is 10.6 Å². The third-order valence-electron chi connectivity index (χ3n) is 1.11. The molecule has 2 heteroatoms. The standard InChI is InChI=1S/C6H9BrO/c7-6-2-1-4-8-5-3-6/h2H,1,3-5H2. The highest BCUT2D eigenvalue weighted by atomic mass is 79.9. The summed E-state index contributed by atoms with van der Waals surface area (Å²) >= 11 is 3.42. The Morgan fingerprint density at radius 3 is 3.25 bits per heavy atom. The fourth-order valence-corrected chi connectivity index (χ4v) is 1.06. The molecule has 1 aliphatic heterocycles. The van der Waals surface area contributed by atoms with E-state index in [9.17, 15) is 0 Å². The average molecular weight is 177 g/mol. The summed E-state index contributed by atoms with van der Waals surface area (Å²) in [4.78, 5) is 0. The highest BCUT2D eigenvalue weighted by molar-refractivity contribution is 9.11. The van der Waals surface area contributed by atoms with Crippen LogP contribution in [-0.2, 0) is 4.74 Å². The highest BCUT2D eigenvalue weighted by Gasteiger charge is 1.96. The lowest BCUT2D eigenvalue weighted by Gasteiger charge is -1.93. The molecular formula is C6H9BrO. The van der Waals surface area contributed by atoms with Gasteiger partial charge in [0.2, 0.25) is 0 Å². The van der Waals surface area contributed by atoms with Crippen LogP contribution in [0.3, 0.4) is 0 Å². The largest absolute Gasteiger partial charge is 0.381 e. The summed E-state index contributed by atoms with van der Waals surface area (Å²) in [5.41, 5.74) is 0. The van der Waals surface area contributed by atoms with Gasteiger partial charge >= 0.3 is 0 Å². The Labute approximate surface area is 57.8 Å². The minimum absolute atomic E-state index is 0.872. The normalized spacial score (nSPS) is 21.9. The van der Waals surface area contributed by atoms with Gasteiger partial charge in [0.1, 0.15) is 0 Å². The van der Waals surface area contributed by atoms with Crippen molar-refractivity contribution in [2.75, 3.05) is 13.2 Å². The number of halogens is 1. The maximum absolute atomic E-state index is 5.18. The maximum atomic E-state index is 5.18. The van der Waals surface area contributed by atoms with E-state index in [2.05, 4.69) is 22.0 Å². The molecule has 0 aromatic rings. The monoisotopic (exact) mass is 176 g/mol. The zero-order valence-corrected chi connectivity index (χ0v) is 6.28. The first-order valence-corrected chi connectivity index (χ1v) is 3.61. The molecule has 1 rings (SSSR count). The van der Waals surface area contributed by atoms with Gasteiger partial charge in [-0.2, -0.15) is 0 Å². The molecule has 0 unspecified atom stereocenters. The van der Waals surface area contributed by atoms with Crippen LogP contribution in [0, 0.1) is 0 Å². The SMILES string of the molecule is BrC1=CCCOCC1. The molecule has 0 aliphatic carbocycles. The lowest BCUT2D eigenvalue weighted by atomic mass is 10.4. The summed E-state index contributed by atoms with van der Waals surface area (Å²) in [6, 6.07) is 0. The van der Waals surface area contributed by atoms with Gasteiger partial charge in [-0.15, -0.1) is 0 Å². The van der Waals surface area contributed by atoms with Crippen LogP contribution in [0.1, 0.15) is 12.8 Å². The van der Waals surface area contributed by atoms with Crippen molar-refractivity contribution in [3.8, 4) is 0 Å². The summed E-state index contributed by atoms with van der Waals surface area (Å²) < 4.78 is 6.47. The van der Waals surface area contributed by atoms with Crippen molar-refractivity contribution >= 4 is 15.9 Å². The van der Waals surface area contributed by atoms with Crippen molar-refractivity contribution in [3.05, 3.63) is 10.6 Å². The lowest BCUT2D eigenvalue weighted by molar-refractivity contribution is 0.147. The van der Waals surface area contributed by atoms with Gasteiger partial charge in [0.05, 0.1) is 13.2 Å². The predicted octanol–water partition coefficient (Wildman–Crippen LogP) is 2.08. The molecule has 0 aromatic carbocycles. The van der Waals surface area contributed by atoms with Crippen molar-refractivity contribution < 1.29 is 4.74 Å². The van der Waals surface area contributed by atoms with Gasteiger partial charge in [0.15, 0.2) is 0 Å². The summed E-state index contributed by atoms with van der Waals surface area (Å²) in [6.07, 6.45) is 4.27. The molecule has 0 saturated heterocycles. The minimum atomic E-state index is 0.872. The Hall–Kier alpha value is 0.180. The van der Waals surface area contributed by atoms with E-state index in [1.165, 1.54) is 4.48 Å². The van der Waals surface area contributed by atoms with Crippen LogP contribution in [0.2, 0.25) is 0 Å². The van der Waals surface area contributed by atoms with E-state index >= 15 is 0 Å². The first-order valence-electron chi connectivity index (χ1n) is 2.82. The minimum Gasteiger partial charge on any atom is -0.381 e. The zero-order chi connectivity index (χ0) is 5.82. The van der Waals surface area contributed by atoms with Gasteiger partial charge in [-0.05, 0) is 10.9 Å². The van der Waals surface area contributed by atoms with E-state index < -0.39 is 0 Å². The fourth-order valence-electron chi connectivity index (χ4n) is 0.673. The van der Waals surface area contributed by atoms with E-state index in [1.807, 2.05) is 0 Å². The van der Waals surface area contributed by atoms with Gasteiger partial charge in [-0.3, -0.25) is 0 Å². The second kappa shape index (κ2) is 3.25. The first kappa shape index (κ1) is 6.30. The van der Waals surface area contributed by atoms with Gasteiger partial charge in [0, 0.05) is 6.42 Å². The van der Waals surface area contributed by atoms with E-state index in [1.54, 1.807) is 0 Å². The van der Waals surface area contributed by atoms with Gasteiger partial charge in [-0.1, -0.05) is 22.0 Å². The van der Waals surface area contributed by atoms with Crippen LogP contribution in [0.4, 0.5) is 0 Å². The second-order valence-electron chi connectivity index (χ2n) is 1.80. The Morgan fingerprint density at radius 2 is 2.38 bits per heavy atom. The zero-order valence-electron chi connectivity index (χ0n) is 4.69. The molecule has 1 aliphatic rings. The molecule has 8 heavy (non-hydrogen) atoms. The summed E-state index contributed by atoms with van der Waals surface area (Å²) in [5.74, 6) is 0. The van der Waals surface area contributed by atoms with Crippen molar-refractivity contribution in [1.82, 2.24) is 0 Å². The summed E-state index contributed by atoms with van der Waals surface area (Å²) in [6.45, 7) is 1.76. The van der Waals surface area contributed by atoms with Crippen molar-refractivity contribution in [2.24, 2.45) is 0 Å². The van der Waals surface area contributed by atoms with E-state index in [0.29, 0.717) is 0 Å². The predicted molar refractivity (Wildman–Crippen MR) is 37.1 cm³/mol. The molecule has 0 radical (unpaired) electrons. The summed E-state index contributed by atoms with van der Waals surface area (Å²) in [5, 5.41) is 0. The fraction of sp³-hybridized carbons (Fsp3) is 0.667. The van der Waals surface area contributed by atoms with Gasteiger partial charge < -0.3 is 4.74 Å². The van der Waals surface area contributed by atoms with Crippen LogP contribution in [0.5, 0.6) is 0 Å². The molecule has 0 fully saturated rings.